The van der Waals surface area contributed by atoms with Gasteiger partial charge in [0, 0.05) is 42.5 Å². The maximum Gasteiger partial charge on any atom is 0.227 e. The molecule has 3 heterocycles. The molecule has 118 valence electrons. The lowest BCUT2D eigenvalue weighted by molar-refractivity contribution is 0.379. The van der Waals surface area contributed by atoms with Crippen LogP contribution in [0, 0.1) is 0 Å². The number of aryl methyl sites for hydroxylation is 2. The molecule has 0 saturated carbocycles. The van der Waals surface area contributed by atoms with Crippen LogP contribution in [0.3, 0.4) is 0 Å². The molecule has 0 spiro atoms. The van der Waals surface area contributed by atoms with Gasteiger partial charge in [-0.1, -0.05) is 5.16 Å². The van der Waals surface area contributed by atoms with Crippen LogP contribution in [0.15, 0.2) is 77.8 Å². The van der Waals surface area contributed by atoms with E-state index in [9.17, 15) is 0 Å². The van der Waals surface area contributed by atoms with Gasteiger partial charge in [0.25, 0.3) is 0 Å². The summed E-state index contributed by atoms with van der Waals surface area (Å²) < 4.78 is 7.42. The minimum absolute atomic E-state index is 0.624. The van der Waals surface area contributed by atoms with Gasteiger partial charge in [0.2, 0.25) is 11.7 Å². The maximum atomic E-state index is 5.36. The van der Waals surface area contributed by atoms with Crippen LogP contribution in [0.2, 0.25) is 0 Å². The SMILES string of the molecule is c1ccn(-c2ccc(-c3noc(CCc4ccncc4)n3)cc2)c1. The average Bonchev–Trinajstić information content (AvgIpc) is 3.33. The molecule has 24 heavy (non-hydrogen) atoms. The Morgan fingerprint density at radius 3 is 2.38 bits per heavy atom. The molecular formula is C19H16N4O. The number of aromatic nitrogens is 4. The van der Waals surface area contributed by atoms with Gasteiger partial charge in [-0.3, -0.25) is 4.98 Å². The highest BCUT2D eigenvalue weighted by atomic mass is 16.5. The number of rotatable bonds is 5. The molecule has 0 fully saturated rings. The molecule has 0 saturated heterocycles. The monoisotopic (exact) mass is 316 g/mol. The van der Waals surface area contributed by atoms with E-state index in [1.165, 1.54) is 5.56 Å². The van der Waals surface area contributed by atoms with Gasteiger partial charge < -0.3 is 9.09 Å². The van der Waals surface area contributed by atoms with Crippen LogP contribution in [-0.2, 0) is 12.8 Å². The normalized spacial score (nSPS) is 10.8. The van der Waals surface area contributed by atoms with Crippen molar-refractivity contribution in [1.82, 2.24) is 19.7 Å². The van der Waals surface area contributed by atoms with Crippen LogP contribution >= 0.6 is 0 Å². The second-order valence-corrected chi connectivity index (χ2v) is 5.50. The predicted molar refractivity (Wildman–Crippen MR) is 90.7 cm³/mol. The summed E-state index contributed by atoms with van der Waals surface area (Å²) in [5.74, 6) is 1.27. The molecule has 0 bridgehead atoms. The highest BCUT2D eigenvalue weighted by molar-refractivity contribution is 5.56. The lowest BCUT2D eigenvalue weighted by Crippen LogP contribution is -1.92. The first-order valence-electron chi connectivity index (χ1n) is 7.84. The minimum Gasteiger partial charge on any atom is -0.339 e. The van der Waals surface area contributed by atoms with Crippen molar-refractivity contribution >= 4 is 0 Å². The Balaban J connectivity index is 1.46. The van der Waals surface area contributed by atoms with E-state index in [1.807, 2.05) is 60.9 Å². The third kappa shape index (κ3) is 3.10. The Labute approximate surface area is 139 Å². The van der Waals surface area contributed by atoms with Crippen LogP contribution in [-0.4, -0.2) is 19.7 Å². The summed E-state index contributed by atoms with van der Waals surface area (Å²) in [5, 5.41) is 4.09. The van der Waals surface area contributed by atoms with Crippen molar-refractivity contribution in [2.24, 2.45) is 0 Å². The van der Waals surface area contributed by atoms with Crippen LogP contribution in [0.25, 0.3) is 17.1 Å². The second-order valence-electron chi connectivity index (χ2n) is 5.50. The lowest BCUT2D eigenvalue weighted by Gasteiger charge is -2.02. The second kappa shape index (κ2) is 6.50. The molecule has 0 unspecified atom stereocenters. The quantitative estimate of drug-likeness (QED) is 0.563. The number of hydrogen-bond acceptors (Lipinski definition) is 4. The molecular weight excluding hydrogens is 300 g/mol. The van der Waals surface area contributed by atoms with E-state index in [4.69, 9.17) is 4.52 Å². The summed E-state index contributed by atoms with van der Waals surface area (Å²) in [6, 6.07) is 16.1. The van der Waals surface area contributed by atoms with Gasteiger partial charge in [-0.25, -0.2) is 0 Å². The molecule has 0 amide bonds. The summed E-state index contributed by atoms with van der Waals surface area (Å²) in [7, 11) is 0. The highest BCUT2D eigenvalue weighted by Gasteiger charge is 2.09. The summed E-state index contributed by atoms with van der Waals surface area (Å²) in [6.45, 7) is 0. The molecule has 0 aliphatic carbocycles. The zero-order valence-electron chi connectivity index (χ0n) is 13.0. The molecule has 0 radical (unpaired) electrons. The first-order valence-corrected chi connectivity index (χ1v) is 7.84. The number of benzene rings is 1. The molecule has 5 heteroatoms. The van der Waals surface area contributed by atoms with Crippen molar-refractivity contribution < 1.29 is 4.52 Å². The molecule has 4 rings (SSSR count). The first kappa shape index (κ1) is 14.4. The van der Waals surface area contributed by atoms with Crippen molar-refractivity contribution in [2.45, 2.75) is 12.8 Å². The zero-order chi connectivity index (χ0) is 16.2. The zero-order valence-corrected chi connectivity index (χ0v) is 13.0. The predicted octanol–water partition coefficient (Wildman–Crippen LogP) is 3.71. The van der Waals surface area contributed by atoms with Crippen molar-refractivity contribution in [1.29, 1.82) is 0 Å². The van der Waals surface area contributed by atoms with E-state index < -0.39 is 0 Å². The summed E-state index contributed by atoms with van der Waals surface area (Å²) >= 11 is 0. The molecule has 0 aliphatic heterocycles. The van der Waals surface area contributed by atoms with Crippen molar-refractivity contribution in [3.8, 4) is 17.1 Å². The van der Waals surface area contributed by atoms with Gasteiger partial charge in [-0.2, -0.15) is 4.98 Å². The van der Waals surface area contributed by atoms with Crippen LogP contribution in [0.5, 0.6) is 0 Å². The Hall–Kier alpha value is -3.21. The number of hydrogen-bond donors (Lipinski definition) is 0. The van der Waals surface area contributed by atoms with Crippen molar-refractivity contribution in [3.63, 3.8) is 0 Å². The van der Waals surface area contributed by atoms with Crippen molar-refractivity contribution in [2.75, 3.05) is 0 Å². The smallest absolute Gasteiger partial charge is 0.227 e. The van der Waals surface area contributed by atoms with Gasteiger partial charge in [0.1, 0.15) is 0 Å². The fourth-order valence-corrected chi connectivity index (χ4v) is 2.56. The highest BCUT2D eigenvalue weighted by Crippen LogP contribution is 2.19. The van der Waals surface area contributed by atoms with Crippen LogP contribution in [0.1, 0.15) is 11.5 Å². The fraction of sp³-hybridized carbons (Fsp3) is 0.105. The van der Waals surface area contributed by atoms with E-state index in [-0.39, 0.29) is 0 Å². The summed E-state index contributed by atoms with van der Waals surface area (Å²) in [6.07, 6.45) is 9.19. The van der Waals surface area contributed by atoms with Gasteiger partial charge in [0.15, 0.2) is 0 Å². The van der Waals surface area contributed by atoms with Crippen LogP contribution < -0.4 is 0 Å². The minimum atomic E-state index is 0.624. The Morgan fingerprint density at radius 1 is 0.875 bits per heavy atom. The molecule has 3 aromatic heterocycles. The van der Waals surface area contributed by atoms with Gasteiger partial charge >= 0.3 is 0 Å². The van der Waals surface area contributed by atoms with E-state index >= 15 is 0 Å². The fourth-order valence-electron chi connectivity index (χ4n) is 2.56. The first-order chi connectivity index (χ1) is 11.9. The van der Waals surface area contributed by atoms with Crippen LogP contribution in [0.4, 0.5) is 0 Å². The number of pyridine rings is 1. The third-order valence-corrected chi connectivity index (χ3v) is 3.87. The van der Waals surface area contributed by atoms with E-state index in [2.05, 4.69) is 19.7 Å². The maximum absolute atomic E-state index is 5.36. The molecule has 1 aromatic carbocycles. The molecule has 0 atom stereocenters. The van der Waals surface area contributed by atoms with Crippen molar-refractivity contribution in [3.05, 3.63) is 84.8 Å². The topological polar surface area (TPSA) is 56.7 Å². The summed E-state index contributed by atoms with van der Waals surface area (Å²) in [5.41, 5.74) is 3.26. The van der Waals surface area contributed by atoms with E-state index in [0.717, 1.165) is 24.1 Å². The molecule has 5 nitrogen and oxygen atoms in total. The third-order valence-electron chi connectivity index (χ3n) is 3.87. The lowest BCUT2D eigenvalue weighted by atomic mass is 10.1. The average molecular weight is 316 g/mol. The van der Waals surface area contributed by atoms with E-state index in [0.29, 0.717) is 11.7 Å². The Bertz CT molecular complexity index is 896. The molecule has 0 aliphatic rings. The largest absolute Gasteiger partial charge is 0.339 e. The summed E-state index contributed by atoms with van der Waals surface area (Å²) in [4.78, 5) is 8.50. The van der Waals surface area contributed by atoms with Gasteiger partial charge in [-0.15, -0.1) is 0 Å². The van der Waals surface area contributed by atoms with Gasteiger partial charge in [0.05, 0.1) is 0 Å². The Kier molecular flexibility index (Phi) is 3.90. The molecule has 4 aromatic rings. The van der Waals surface area contributed by atoms with Gasteiger partial charge in [-0.05, 0) is 60.5 Å². The standard InChI is InChI=1S/C19H16N4O/c1-2-14-23(13-1)17-6-4-16(5-7-17)19-21-18(24-22-19)8-3-15-9-11-20-12-10-15/h1-2,4-7,9-14H,3,8H2. The van der Waals surface area contributed by atoms with E-state index in [1.54, 1.807) is 12.4 Å². The molecule has 0 N–H and O–H groups in total. The number of nitrogens with zero attached hydrogens (tertiary/aromatic N) is 4. The Morgan fingerprint density at radius 2 is 1.62 bits per heavy atom.